The Morgan fingerprint density at radius 3 is 1.17 bits per heavy atom. The van der Waals surface area contributed by atoms with Crippen molar-refractivity contribution in [1.29, 1.82) is 0 Å². The predicted octanol–water partition coefficient (Wildman–Crippen LogP) is 2.36. The Kier molecular flexibility index (Phi) is 6.12. The van der Waals surface area contributed by atoms with Crippen molar-refractivity contribution in [2.45, 2.75) is 0 Å². The highest BCUT2D eigenvalue weighted by Crippen LogP contribution is 2.23. The van der Waals surface area contributed by atoms with E-state index in [0.717, 1.165) is 52.4 Å². The zero-order chi connectivity index (χ0) is 17.1. The van der Waals surface area contributed by atoms with Crippen LogP contribution in [0.3, 0.4) is 0 Å². The lowest BCUT2D eigenvalue weighted by molar-refractivity contribution is 0.397. The summed E-state index contributed by atoms with van der Waals surface area (Å²) >= 11 is 18.8. The van der Waals surface area contributed by atoms with E-state index < -0.39 is 0 Å². The monoisotopic (exact) mass is 398 g/mol. The maximum absolute atomic E-state index is 5.13. The standard InChI is InChI=1S/C16H22N4S4/c21-15(22)19-9-5-17(6-10-19)13-1-2-14(4-3-13)18-7-11-20(12-8-18)16(23)24/h1-4H,5-12H2,(H,21,22)(H,23,24). The molecule has 4 nitrogen and oxygen atoms in total. The molecule has 2 heterocycles. The molecule has 1 aromatic carbocycles. The number of piperazine rings is 2. The Labute approximate surface area is 165 Å². The summed E-state index contributed by atoms with van der Waals surface area (Å²) in [6.07, 6.45) is 0. The van der Waals surface area contributed by atoms with Crippen molar-refractivity contribution >= 4 is 69.7 Å². The molecule has 0 radical (unpaired) electrons. The first kappa shape index (κ1) is 18.1. The number of hydrogen-bond donors (Lipinski definition) is 2. The van der Waals surface area contributed by atoms with Crippen LogP contribution in [0.15, 0.2) is 24.3 Å². The third kappa shape index (κ3) is 4.28. The highest BCUT2D eigenvalue weighted by molar-refractivity contribution is 8.11. The van der Waals surface area contributed by atoms with Crippen molar-refractivity contribution in [3.8, 4) is 0 Å². The summed E-state index contributed by atoms with van der Waals surface area (Å²) in [6, 6.07) is 8.89. The molecule has 1 aromatic rings. The highest BCUT2D eigenvalue weighted by Gasteiger charge is 2.20. The quantitative estimate of drug-likeness (QED) is 0.582. The molecule has 2 fully saturated rings. The van der Waals surface area contributed by atoms with Gasteiger partial charge in [0.05, 0.1) is 0 Å². The third-order valence-electron chi connectivity index (χ3n) is 4.68. The smallest absolute Gasteiger partial charge is 0.133 e. The van der Waals surface area contributed by atoms with Crippen LogP contribution in [-0.2, 0) is 0 Å². The summed E-state index contributed by atoms with van der Waals surface area (Å²) in [5, 5.41) is 0. The third-order valence-corrected chi connectivity index (χ3v) is 5.76. The van der Waals surface area contributed by atoms with Crippen molar-refractivity contribution in [3.05, 3.63) is 24.3 Å². The van der Waals surface area contributed by atoms with Gasteiger partial charge >= 0.3 is 0 Å². The van der Waals surface area contributed by atoms with Crippen molar-refractivity contribution in [2.24, 2.45) is 0 Å². The second kappa shape index (κ2) is 8.12. The molecule has 2 saturated heterocycles. The fourth-order valence-corrected chi connectivity index (χ4v) is 3.95. The Hall–Kier alpha value is -0.700. The molecule has 0 unspecified atom stereocenters. The van der Waals surface area contributed by atoms with Crippen LogP contribution >= 0.6 is 49.7 Å². The van der Waals surface area contributed by atoms with E-state index in [-0.39, 0.29) is 0 Å². The molecule has 0 spiro atoms. The second-order valence-corrected chi connectivity index (χ2v) is 8.26. The fourth-order valence-electron chi connectivity index (χ4n) is 3.19. The molecule has 0 amide bonds. The van der Waals surface area contributed by atoms with Crippen LogP contribution in [0.25, 0.3) is 0 Å². The molecule has 0 atom stereocenters. The fraction of sp³-hybridized carbons (Fsp3) is 0.500. The zero-order valence-electron chi connectivity index (χ0n) is 13.5. The van der Waals surface area contributed by atoms with Gasteiger partial charge in [0.25, 0.3) is 0 Å². The van der Waals surface area contributed by atoms with E-state index in [1.807, 2.05) is 0 Å². The highest BCUT2D eigenvalue weighted by atomic mass is 32.1. The second-order valence-electron chi connectivity index (χ2n) is 6.03. The van der Waals surface area contributed by atoms with Gasteiger partial charge in [0.1, 0.15) is 8.64 Å². The minimum absolute atomic E-state index is 0.699. The van der Waals surface area contributed by atoms with Gasteiger partial charge in [-0.25, -0.2) is 0 Å². The first-order valence-electron chi connectivity index (χ1n) is 8.10. The molecule has 24 heavy (non-hydrogen) atoms. The van der Waals surface area contributed by atoms with Gasteiger partial charge in [0.2, 0.25) is 0 Å². The van der Waals surface area contributed by atoms with Crippen LogP contribution in [0.1, 0.15) is 0 Å². The summed E-state index contributed by atoms with van der Waals surface area (Å²) in [6.45, 7) is 7.70. The molecule has 0 aliphatic carbocycles. The minimum Gasteiger partial charge on any atom is -0.368 e. The first-order chi connectivity index (χ1) is 11.5. The van der Waals surface area contributed by atoms with E-state index in [1.54, 1.807) is 0 Å². The molecule has 130 valence electrons. The van der Waals surface area contributed by atoms with Crippen molar-refractivity contribution in [2.75, 3.05) is 62.2 Å². The van der Waals surface area contributed by atoms with Crippen LogP contribution in [0.4, 0.5) is 11.4 Å². The predicted molar refractivity (Wildman–Crippen MR) is 117 cm³/mol. The zero-order valence-corrected chi connectivity index (χ0v) is 16.9. The number of thiocarbonyl (C=S) groups is 2. The number of nitrogens with zero attached hydrogens (tertiary/aromatic N) is 4. The van der Waals surface area contributed by atoms with Crippen LogP contribution in [0, 0.1) is 0 Å². The summed E-state index contributed by atoms with van der Waals surface area (Å²) < 4.78 is 1.40. The van der Waals surface area contributed by atoms with Crippen LogP contribution < -0.4 is 9.80 Å². The number of rotatable bonds is 2. The molecule has 2 aliphatic heterocycles. The maximum atomic E-state index is 5.13. The molecule has 2 aliphatic rings. The van der Waals surface area contributed by atoms with Crippen molar-refractivity contribution in [1.82, 2.24) is 9.80 Å². The van der Waals surface area contributed by atoms with Gasteiger partial charge in [-0.3, -0.25) is 0 Å². The normalized spacial score (nSPS) is 18.8. The summed E-state index contributed by atoms with van der Waals surface area (Å²) in [5.74, 6) is 0. The molecular formula is C16H22N4S4. The Balaban J connectivity index is 1.56. The Morgan fingerprint density at radius 2 is 0.917 bits per heavy atom. The lowest BCUT2D eigenvalue weighted by Crippen LogP contribution is -2.47. The van der Waals surface area contributed by atoms with Gasteiger partial charge in [0, 0.05) is 63.7 Å². The minimum atomic E-state index is 0.699. The average molecular weight is 399 g/mol. The topological polar surface area (TPSA) is 13.0 Å². The summed E-state index contributed by atoms with van der Waals surface area (Å²) in [7, 11) is 0. The molecule has 0 bridgehead atoms. The van der Waals surface area contributed by atoms with E-state index in [9.17, 15) is 0 Å². The van der Waals surface area contributed by atoms with Gasteiger partial charge in [-0.1, -0.05) is 24.4 Å². The Morgan fingerprint density at radius 1 is 0.625 bits per heavy atom. The first-order valence-corrected chi connectivity index (χ1v) is 9.81. The lowest BCUT2D eigenvalue weighted by Gasteiger charge is -2.38. The van der Waals surface area contributed by atoms with E-state index in [2.05, 4.69) is 69.1 Å². The SMILES string of the molecule is S=C(S)N1CCN(c2ccc(N3CCN(C(=S)S)CC3)cc2)CC1. The Bertz CT molecular complexity index is 538. The van der Waals surface area contributed by atoms with E-state index in [1.165, 1.54) is 11.4 Å². The average Bonchev–Trinajstić information content (AvgIpc) is 2.62. The van der Waals surface area contributed by atoms with E-state index in [4.69, 9.17) is 24.4 Å². The number of benzene rings is 1. The number of hydrogen-bond acceptors (Lipinski definition) is 4. The molecule has 0 saturated carbocycles. The van der Waals surface area contributed by atoms with Gasteiger partial charge in [0.15, 0.2) is 0 Å². The van der Waals surface area contributed by atoms with Gasteiger partial charge in [-0.2, -0.15) is 0 Å². The van der Waals surface area contributed by atoms with Gasteiger partial charge < -0.3 is 19.6 Å². The molecule has 0 N–H and O–H groups in total. The van der Waals surface area contributed by atoms with Gasteiger partial charge in [-0.05, 0) is 24.3 Å². The summed E-state index contributed by atoms with van der Waals surface area (Å²) in [5.41, 5.74) is 2.55. The number of thiol groups is 2. The van der Waals surface area contributed by atoms with E-state index in [0.29, 0.717) is 8.64 Å². The van der Waals surface area contributed by atoms with Crippen molar-refractivity contribution in [3.63, 3.8) is 0 Å². The number of anilines is 2. The molecule has 8 heteroatoms. The molecular weight excluding hydrogens is 376 g/mol. The largest absolute Gasteiger partial charge is 0.368 e. The molecule has 0 aromatic heterocycles. The van der Waals surface area contributed by atoms with Crippen molar-refractivity contribution < 1.29 is 0 Å². The van der Waals surface area contributed by atoms with Gasteiger partial charge in [-0.15, -0.1) is 25.3 Å². The van der Waals surface area contributed by atoms with Crippen LogP contribution in [0.2, 0.25) is 0 Å². The summed E-state index contributed by atoms with van der Waals surface area (Å²) in [4.78, 5) is 9.11. The van der Waals surface area contributed by atoms with E-state index >= 15 is 0 Å². The lowest BCUT2D eigenvalue weighted by atomic mass is 10.2. The molecule has 3 rings (SSSR count). The maximum Gasteiger partial charge on any atom is 0.133 e. The van der Waals surface area contributed by atoms with Crippen LogP contribution in [0.5, 0.6) is 0 Å². The van der Waals surface area contributed by atoms with Crippen LogP contribution in [-0.4, -0.2) is 70.8 Å².